The van der Waals surface area contributed by atoms with Gasteiger partial charge in [-0.2, -0.15) is 5.10 Å². The second-order valence-electron chi connectivity index (χ2n) is 5.38. The van der Waals surface area contributed by atoms with Gasteiger partial charge >= 0.3 is 0 Å². The molecule has 0 spiro atoms. The molecule has 0 radical (unpaired) electrons. The molecule has 1 heterocycles. The number of nitrogens with zero attached hydrogens (tertiary/aromatic N) is 2. The van der Waals surface area contributed by atoms with Gasteiger partial charge in [0.05, 0.1) is 15.9 Å². The summed E-state index contributed by atoms with van der Waals surface area (Å²) in [6.07, 6.45) is 2.01. The zero-order valence-corrected chi connectivity index (χ0v) is 14.8. The molecule has 0 atom stereocenters. The lowest BCUT2D eigenvalue weighted by molar-refractivity contribution is 0.108. The first-order chi connectivity index (χ1) is 9.60. The first kappa shape index (κ1) is 17.7. The fraction of sp³-hybridized carbons (Fsp3) is 0.800. The van der Waals surface area contributed by atoms with Gasteiger partial charge < -0.3 is 10.1 Å². The monoisotopic (exact) mass is 345 g/mol. The molecular formula is C15H28BrN3O. The molecule has 1 N–H and O–H groups in total. The topological polar surface area (TPSA) is 39.1 Å². The predicted octanol–water partition coefficient (Wildman–Crippen LogP) is 3.38. The largest absolute Gasteiger partial charge is 0.381 e. The van der Waals surface area contributed by atoms with Crippen LogP contribution in [0, 0.1) is 5.92 Å². The fourth-order valence-corrected chi connectivity index (χ4v) is 2.72. The highest BCUT2D eigenvalue weighted by Gasteiger charge is 2.12. The Morgan fingerprint density at radius 3 is 2.70 bits per heavy atom. The number of halogens is 1. The van der Waals surface area contributed by atoms with Crippen molar-refractivity contribution < 1.29 is 4.74 Å². The van der Waals surface area contributed by atoms with Gasteiger partial charge in [-0.1, -0.05) is 20.8 Å². The van der Waals surface area contributed by atoms with Crippen LogP contribution in [0.2, 0.25) is 0 Å². The number of nitrogens with one attached hydrogen (secondary N) is 1. The molecule has 1 aromatic heterocycles. The molecule has 0 amide bonds. The Morgan fingerprint density at radius 1 is 1.35 bits per heavy atom. The van der Waals surface area contributed by atoms with Gasteiger partial charge in [0.25, 0.3) is 0 Å². The number of ether oxygens (including phenoxy) is 1. The molecule has 4 nitrogen and oxygen atoms in total. The summed E-state index contributed by atoms with van der Waals surface area (Å²) in [6.45, 7) is 13.0. The second kappa shape index (κ2) is 9.53. The first-order valence-corrected chi connectivity index (χ1v) is 8.41. The summed E-state index contributed by atoms with van der Waals surface area (Å²) in [6, 6.07) is 0. The van der Waals surface area contributed by atoms with E-state index in [2.05, 4.69) is 58.7 Å². The van der Waals surface area contributed by atoms with E-state index in [0.29, 0.717) is 5.92 Å². The Morgan fingerprint density at radius 2 is 2.10 bits per heavy atom. The van der Waals surface area contributed by atoms with E-state index in [1.807, 2.05) is 0 Å². The first-order valence-electron chi connectivity index (χ1n) is 7.62. The third-order valence-corrected chi connectivity index (χ3v) is 4.00. The highest BCUT2D eigenvalue weighted by atomic mass is 79.9. The number of aromatic nitrogens is 2. The molecule has 116 valence electrons. The van der Waals surface area contributed by atoms with Crippen LogP contribution in [0.4, 0.5) is 0 Å². The Bertz CT molecular complexity index is 391. The van der Waals surface area contributed by atoms with E-state index in [4.69, 9.17) is 4.74 Å². The Labute approximate surface area is 131 Å². The molecule has 0 saturated heterocycles. The lowest BCUT2D eigenvalue weighted by Gasteiger charge is -2.09. The predicted molar refractivity (Wildman–Crippen MR) is 87.0 cm³/mol. The summed E-state index contributed by atoms with van der Waals surface area (Å²) in [5.41, 5.74) is 2.39. The van der Waals surface area contributed by atoms with Crippen LogP contribution >= 0.6 is 15.9 Å². The lowest BCUT2D eigenvalue weighted by atomic mass is 10.2. The molecule has 0 aliphatic heterocycles. The van der Waals surface area contributed by atoms with E-state index in [0.717, 1.165) is 55.9 Å². The number of aryl methyl sites for hydroxylation is 2. The Balaban J connectivity index is 2.29. The minimum Gasteiger partial charge on any atom is -0.381 e. The van der Waals surface area contributed by atoms with Gasteiger partial charge in [-0.3, -0.25) is 4.68 Å². The van der Waals surface area contributed by atoms with Gasteiger partial charge in [-0.05, 0) is 48.2 Å². The molecule has 0 bridgehead atoms. The third kappa shape index (κ3) is 5.54. The maximum Gasteiger partial charge on any atom is 0.0767 e. The zero-order chi connectivity index (χ0) is 15.0. The molecule has 0 aliphatic carbocycles. The second-order valence-corrected chi connectivity index (χ2v) is 6.17. The average molecular weight is 346 g/mol. The van der Waals surface area contributed by atoms with E-state index in [9.17, 15) is 0 Å². The highest BCUT2D eigenvalue weighted by molar-refractivity contribution is 9.10. The maximum absolute atomic E-state index is 5.57. The van der Waals surface area contributed by atoms with Gasteiger partial charge in [0.1, 0.15) is 0 Å². The van der Waals surface area contributed by atoms with Gasteiger partial charge in [0, 0.05) is 26.3 Å². The third-order valence-electron chi connectivity index (χ3n) is 3.08. The van der Waals surface area contributed by atoms with E-state index >= 15 is 0 Å². The minimum atomic E-state index is 0.616. The zero-order valence-electron chi connectivity index (χ0n) is 13.2. The van der Waals surface area contributed by atoms with Crippen molar-refractivity contribution in [2.45, 2.75) is 53.6 Å². The van der Waals surface area contributed by atoms with Gasteiger partial charge in [-0.15, -0.1) is 0 Å². The van der Waals surface area contributed by atoms with Crippen molar-refractivity contribution in [1.29, 1.82) is 0 Å². The number of rotatable bonds is 10. The van der Waals surface area contributed by atoms with E-state index in [1.54, 1.807) is 0 Å². The molecule has 1 aromatic rings. The molecule has 1 rings (SSSR count). The van der Waals surface area contributed by atoms with Crippen LogP contribution in [0.3, 0.4) is 0 Å². The minimum absolute atomic E-state index is 0.616. The molecule has 0 aromatic carbocycles. The normalized spacial score (nSPS) is 11.5. The van der Waals surface area contributed by atoms with Crippen molar-refractivity contribution >= 4 is 15.9 Å². The van der Waals surface area contributed by atoms with Crippen LogP contribution in [0.25, 0.3) is 0 Å². The maximum atomic E-state index is 5.57. The highest BCUT2D eigenvalue weighted by Crippen LogP contribution is 2.22. The SMILES string of the molecule is CCc1nn(CC)c(CNCCCOCC(C)C)c1Br. The van der Waals surface area contributed by atoms with E-state index in [-0.39, 0.29) is 0 Å². The average Bonchev–Trinajstić information content (AvgIpc) is 2.73. The fourth-order valence-electron chi connectivity index (χ4n) is 2.01. The van der Waals surface area contributed by atoms with Crippen molar-refractivity contribution in [1.82, 2.24) is 15.1 Å². The van der Waals surface area contributed by atoms with Crippen molar-refractivity contribution in [2.75, 3.05) is 19.8 Å². The molecule has 0 fully saturated rings. The summed E-state index contributed by atoms with van der Waals surface area (Å²) < 4.78 is 8.80. The molecule has 0 unspecified atom stereocenters. The summed E-state index contributed by atoms with van der Waals surface area (Å²) in [5, 5.41) is 8.07. The van der Waals surface area contributed by atoms with Crippen LogP contribution < -0.4 is 5.32 Å². The molecular weight excluding hydrogens is 318 g/mol. The van der Waals surface area contributed by atoms with E-state index < -0.39 is 0 Å². The van der Waals surface area contributed by atoms with Crippen LogP contribution in [-0.2, 0) is 24.2 Å². The summed E-state index contributed by atoms with van der Waals surface area (Å²) in [5.74, 6) is 0.616. The Hall–Kier alpha value is -0.390. The van der Waals surface area contributed by atoms with Crippen molar-refractivity contribution in [3.63, 3.8) is 0 Å². The van der Waals surface area contributed by atoms with Gasteiger partial charge in [-0.25, -0.2) is 0 Å². The van der Waals surface area contributed by atoms with Crippen LogP contribution in [0.1, 0.15) is 45.5 Å². The number of hydrogen-bond acceptors (Lipinski definition) is 3. The molecule has 20 heavy (non-hydrogen) atoms. The van der Waals surface area contributed by atoms with Gasteiger partial charge in [0.15, 0.2) is 0 Å². The van der Waals surface area contributed by atoms with Crippen LogP contribution in [-0.4, -0.2) is 29.5 Å². The summed E-state index contributed by atoms with van der Waals surface area (Å²) in [7, 11) is 0. The van der Waals surface area contributed by atoms with Gasteiger partial charge in [0.2, 0.25) is 0 Å². The standard InChI is InChI=1S/C15H28BrN3O/c1-5-13-15(16)14(19(6-2)18-13)10-17-8-7-9-20-11-12(3)4/h12,17H,5-11H2,1-4H3. The van der Waals surface area contributed by atoms with Crippen LogP contribution in [0.5, 0.6) is 0 Å². The molecule has 0 saturated carbocycles. The quantitative estimate of drug-likeness (QED) is 0.660. The Kier molecular flexibility index (Phi) is 8.41. The molecule has 0 aliphatic rings. The lowest BCUT2D eigenvalue weighted by Crippen LogP contribution is -2.19. The summed E-state index contributed by atoms with van der Waals surface area (Å²) in [4.78, 5) is 0. The van der Waals surface area contributed by atoms with Crippen molar-refractivity contribution in [3.8, 4) is 0 Å². The van der Waals surface area contributed by atoms with Crippen molar-refractivity contribution in [3.05, 3.63) is 15.9 Å². The summed E-state index contributed by atoms with van der Waals surface area (Å²) >= 11 is 3.67. The number of hydrogen-bond donors (Lipinski definition) is 1. The van der Waals surface area contributed by atoms with Crippen LogP contribution in [0.15, 0.2) is 4.47 Å². The smallest absolute Gasteiger partial charge is 0.0767 e. The van der Waals surface area contributed by atoms with Crippen molar-refractivity contribution in [2.24, 2.45) is 5.92 Å². The molecule has 5 heteroatoms. The van der Waals surface area contributed by atoms with E-state index in [1.165, 1.54) is 5.69 Å².